The van der Waals surface area contributed by atoms with E-state index in [2.05, 4.69) is 10.3 Å². The molecule has 2 aromatic heterocycles. The molecule has 0 aliphatic heterocycles. The largest absolute Gasteiger partial charge is 0.449 e. The number of nitrogens with zero attached hydrogens (tertiary/aromatic N) is 2. The standard InChI is InChI=1S/C23H19F2N3O2/c1-14(2)28-13-26-21(15-7-9-16(24)10-8-15)22(28)19-11-12-20(30-19)23(29)27-18-6-4-3-5-17(18)25/h3-14H,1-2H3,(H,27,29). The van der Waals surface area contributed by atoms with Gasteiger partial charge in [-0.05, 0) is 62.4 Å². The molecule has 7 heteroatoms. The first kappa shape index (κ1) is 19.6. The van der Waals surface area contributed by atoms with Crippen molar-refractivity contribution in [3.63, 3.8) is 0 Å². The van der Waals surface area contributed by atoms with Crippen LogP contribution in [-0.4, -0.2) is 15.5 Å². The van der Waals surface area contributed by atoms with Crippen molar-refractivity contribution < 1.29 is 18.0 Å². The van der Waals surface area contributed by atoms with Crippen LogP contribution < -0.4 is 5.32 Å². The second kappa shape index (κ2) is 7.94. The van der Waals surface area contributed by atoms with E-state index >= 15 is 0 Å². The Labute approximate surface area is 172 Å². The van der Waals surface area contributed by atoms with Crippen LogP contribution in [0.3, 0.4) is 0 Å². The Morgan fingerprint density at radius 1 is 1.03 bits per heavy atom. The van der Waals surface area contributed by atoms with Crippen LogP contribution in [0.1, 0.15) is 30.4 Å². The molecule has 1 N–H and O–H groups in total. The van der Waals surface area contributed by atoms with E-state index in [0.717, 1.165) is 5.56 Å². The van der Waals surface area contributed by atoms with E-state index in [1.54, 1.807) is 36.7 Å². The van der Waals surface area contributed by atoms with Crippen molar-refractivity contribution in [2.45, 2.75) is 19.9 Å². The number of benzene rings is 2. The summed E-state index contributed by atoms with van der Waals surface area (Å²) < 4.78 is 34.9. The van der Waals surface area contributed by atoms with Crippen LogP contribution in [0.2, 0.25) is 0 Å². The van der Waals surface area contributed by atoms with Crippen molar-refractivity contribution in [3.8, 4) is 22.7 Å². The predicted octanol–water partition coefficient (Wildman–Crippen LogP) is 5.92. The second-order valence-electron chi connectivity index (χ2n) is 7.05. The van der Waals surface area contributed by atoms with Crippen LogP contribution in [0.25, 0.3) is 22.7 Å². The molecule has 0 spiro atoms. The molecule has 30 heavy (non-hydrogen) atoms. The summed E-state index contributed by atoms with van der Waals surface area (Å²) in [5.74, 6) is -0.970. The smallest absolute Gasteiger partial charge is 0.291 e. The van der Waals surface area contributed by atoms with Gasteiger partial charge in [0.2, 0.25) is 0 Å². The number of aromatic nitrogens is 2. The van der Waals surface area contributed by atoms with Gasteiger partial charge in [-0.3, -0.25) is 4.79 Å². The molecule has 152 valence electrons. The first-order chi connectivity index (χ1) is 14.4. The van der Waals surface area contributed by atoms with Crippen LogP contribution in [0.5, 0.6) is 0 Å². The zero-order chi connectivity index (χ0) is 21.3. The number of hydrogen-bond donors (Lipinski definition) is 1. The lowest BCUT2D eigenvalue weighted by molar-refractivity contribution is 0.0997. The number of imidazole rings is 1. The molecule has 4 rings (SSSR count). The number of para-hydroxylation sites is 1. The van der Waals surface area contributed by atoms with E-state index in [0.29, 0.717) is 17.1 Å². The van der Waals surface area contributed by atoms with E-state index in [9.17, 15) is 13.6 Å². The Hall–Kier alpha value is -3.74. The van der Waals surface area contributed by atoms with Gasteiger partial charge >= 0.3 is 0 Å². The highest BCUT2D eigenvalue weighted by Crippen LogP contribution is 2.34. The monoisotopic (exact) mass is 407 g/mol. The molecule has 0 saturated carbocycles. The first-order valence-electron chi connectivity index (χ1n) is 9.43. The zero-order valence-electron chi connectivity index (χ0n) is 16.4. The van der Waals surface area contributed by atoms with Gasteiger partial charge in [0, 0.05) is 11.6 Å². The number of halogens is 2. The fraction of sp³-hybridized carbons (Fsp3) is 0.130. The summed E-state index contributed by atoms with van der Waals surface area (Å²) in [4.78, 5) is 17.0. The summed E-state index contributed by atoms with van der Waals surface area (Å²) in [6.45, 7) is 3.99. The average molecular weight is 407 g/mol. The van der Waals surface area contributed by atoms with Crippen molar-refractivity contribution in [2.24, 2.45) is 0 Å². The third-order valence-electron chi connectivity index (χ3n) is 4.65. The maximum Gasteiger partial charge on any atom is 0.291 e. The molecule has 5 nitrogen and oxygen atoms in total. The Morgan fingerprint density at radius 2 is 1.77 bits per heavy atom. The van der Waals surface area contributed by atoms with Crippen molar-refractivity contribution in [2.75, 3.05) is 5.32 Å². The Morgan fingerprint density at radius 3 is 2.47 bits per heavy atom. The van der Waals surface area contributed by atoms with Crippen LogP contribution in [0.4, 0.5) is 14.5 Å². The summed E-state index contributed by atoms with van der Waals surface area (Å²) in [6, 6.07) is 15.2. The Kier molecular flexibility index (Phi) is 5.18. The van der Waals surface area contributed by atoms with Crippen LogP contribution in [-0.2, 0) is 0 Å². The third kappa shape index (κ3) is 3.74. The number of anilines is 1. The van der Waals surface area contributed by atoms with Gasteiger partial charge < -0.3 is 14.3 Å². The predicted molar refractivity (Wildman–Crippen MR) is 110 cm³/mol. The molecule has 0 bridgehead atoms. The van der Waals surface area contributed by atoms with Crippen LogP contribution >= 0.6 is 0 Å². The molecule has 0 aliphatic rings. The van der Waals surface area contributed by atoms with E-state index in [-0.39, 0.29) is 23.3 Å². The zero-order valence-corrected chi connectivity index (χ0v) is 16.4. The fourth-order valence-corrected chi connectivity index (χ4v) is 3.15. The molecule has 1 amide bonds. The number of hydrogen-bond acceptors (Lipinski definition) is 3. The lowest BCUT2D eigenvalue weighted by atomic mass is 10.1. The van der Waals surface area contributed by atoms with Gasteiger partial charge in [-0.2, -0.15) is 0 Å². The second-order valence-corrected chi connectivity index (χ2v) is 7.05. The number of carbonyl (C=O) groups excluding carboxylic acids is 1. The summed E-state index contributed by atoms with van der Waals surface area (Å²) in [5.41, 5.74) is 2.07. The van der Waals surface area contributed by atoms with Crippen LogP contribution in [0.15, 0.2) is 71.4 Å². The van der Waals surface area contributed by atoms with Crippen molar-refractivity contribution in [1.82, 2.24) is 9.55 Å². The number of rotatable bonds is 5. The summed E-state index contributed by atoms with van der Waals surface area (Å²) >= 11 is 0. The highest BCUT2D eigenvalue weighted by atomic mass is 19.1. The van der Waals surface area contributed by atoms with Crippen molar-refractivity contribution in [3.05, 3.63) is 84.4 Å². The van der Waals surface area contributed by atoms with E-state index in [1.807, 2.05) is 18.4 Å². The van der Waals surface area contributed by atoms with Crippen molar-refractivity contribution in [1.29, 1.82) is 0 Å². The number of carbonyl (C=O) groups is 1. The molecule has 4 aromatic rings. The van der Waals surface area contributed by atoms with Gasteiger partial charge in [0.15, 0.2) is 11.5 Å². The molecule has 0 atom stereocenters. The number of furan rings is 1. The quantitative estimate of drug-likeness (QED) is 0.447. The maximum atomic E-state index is 13.8. The van der Waals surface area contributed by atoms with E-state index in [4.69, 9.17) is 4.42 Å². The first-order valence-corrected chi connectivity index (χ1v) is 9.43. The molecule has 0 unspecified atom stereocenters. The topological polar surface area (TPSA) is 60.1 Å². The lowest BCUT2D eigenvalue weighted by Gasteiger charge is -2.11. The molecular formula is C23H19F2N3O2. The third-order valence-corrected chi connectivity index (χ3v) is 4.65. The number of amides is 1. The minimum atomic E-state index is -0.565. The molecule has 0 aliphatic carbocycles. The van der Waals surface area contributed by atoms with Crippen molar-refractivity contribution >= 4 is 11.6 Å². The molecule has 2 aromatic carbocycles. The maximum absolute atomic E-state index is 13.8. The molecule has 0 radical (unpaired) electrons. The number of nitrogens with one attached hydrogen (secondary N) is 1. The highest BCUT2D eigenvalue weighted by molar-refractivity contribution is 6.02. The van der Waals surface area contributed by atoms with Gasteiger partial charge in [0.05, 0.1) is 17.7 Å². The molecular weight excluding hydrogens is 388 g/mol. The van der Waals surface area contributed by atoms with Gasteiger partial charge in [0.25, 0.3) is 5.91 Å². The minimum Gasteiger partial charge on any atom is -0.449 e. The van der Waals surface area contributed by atoms with Gasteiger partial charge in [-0.1, -0.05) is 12.1 Å². The molecule has 0 saturated heterocycles. The van der Waals surface area contributed by atoms with E-state index in [1.165, 1.54) is 30.3 Å². The lowest BCUT2D eigenvalue weighted by Crippen LogP contribution is -2.11. The van der Waals surface area contributed by atoms with Gasteiger partial charge in [0.1, 0.15) is 17.3 Å². The highest BCUT2D eigenvalue weighted by Gasteiger charge is 2.21. The van der Waals surface area contributed by atoms with Crippen LogP contribution in [0, 0.1) is 11.6 Å². The molecule has 2 heterocycles. The summed E-state index contributed by atoms with van der Waals surface area (Å²) in [6.07, 6.45) is 1.68. The van der Waals surface area contributed by atoms with E-state index < -0.39 is 11.7 Å². The van der Waals surface area contributed by atoms with Gasteiger partial charge in [-0.15, -0.1) is 0 Å². The molecule has 0 fully saturated rings. The summed E-state index contributed by atoms with van der Waals surface area (Å²) in [5, 5.41) is 2.50. The average Bonchev–Trinajstić information content (AvgIpc) is 3.37. The normalized spacial score (nSPS) is 11.1. The SMILES string of the molecule is CC(C)n1cnc(-c2ccc(F)cc2)c1-c1ccc(C(=O)Nc2ccccc2F)o1. The Bertz CT molecular complexity index is 1190. The minimum absolute atomic E-state index is 0.0369. The fourth-order valence-electron chi connectivity index (χ4n) is 3.15. The van der Waals surface area contributed by atoms with Gasteiger partial charge in [-0.25, -0.2) is 13.8 Å². The summed E-state index contributed by atoms with van der Waals surface area (Å²) in [7, 11) is 0. The Balaban J connectivity index is 1.70.